The molecular formula is C37H72N12O8. The van der Waals surface area contributed by atoms with Gasteiger partial charge in [-0.1, -0.05) is 13.8 Å². The maximum absolute atomic E-state index is 13.7. The summed E-state index contributed by atoms with van der Waals surface area (Å²) in [6.45, 7) is 7.36. The molecule has 0 spiro atoms. The van der Waals surface area contributed by atoms with Gasteiger partial charge in [0.15, 0.2) is 0 Å². The Bertz CT molecular complexity index is 1270. The molecule has 0 fully saturated rings. The second-order valence-electron chi connectivity index (χ2n) is 14.7. The molecule has 57 heavy (non-hydrogen) atoms. The van der Waals surface area contributed by atoms with E-state index in [2.05, 4.69) is 37.2 Å². The number of rotatable bonds is 32. The minimum absolute atomic E-state index is 0.0772. The van der Waals surface area contributed by atoms with Crippen molar-refractivity contribution in [1.82, 2.24) is 37.2 Å². The highest BCUT2D eigenvalue weighted by Crippen LogP contribution is 2.10. The summed E-state index contributed by atoms with van der Waals surface area (Å²) >= 11 is 0. The van der Waals surface area contributed by atoms with Crippen LogP contribution in [0.2, 0.25) is 0 Å². The van der Waals surface area contributed by atoms with Gasteiger partial charge in [0.1, 0.15) is 36.3 Å². The summed E-state index contributed by atoms with van der Waals surface area (Å²) in [6.07, 6.45) is 5.51. The minimum atomic E-state index is -1.11. The number of nitrogens with one attached hydrogen (secondary N) is 7. The largest absolute Gasteiger partial charge is 0.368 e. The lowest BCUT2D eigenvalue weighted by Crippen LogP contribution is -2.58. The van der Waals surface area contributed by atoms with E-state index in [-0.39, 0.29) is 31.6 Å². The van der Waals surface area contributed by atoms with Crippen LogP contribution in [0.3, 0.4) is 0 Å². The molecule has 0 rings (SSSR count). The summed E-state index contributed by atoms with van der Waals surface area (Å²) in [5, 5.41) is 18.4. The quantitative estimate of drug-likeness (QED) is 0.0305. The highest BCUT2D eigenvalue weighted by atomic mass is 16.2. The van der Waals surface area contributed by atoms with Gasteiger partial charge in [-0.25, -0.2) is 0 Å². The number of carbonyl (C=O) groups is 8. The molecule has 8 amide bonds. The molecule has 0 bridgehead atoms. The molecule has 0 radical (unpaired) electrons. The molecule has 0 aromatic rings. The Labute approximate surface area is 337 Å². The lowest BCUT2D eigenvalue weighted by molar-refractivity contribution is -0.135. The topological polar surface area (TPSA) is 351 Å². The van der Waals surface area contributed by atoms with Crippen LogP contribution in [-0.4, -0.2) is 116 Å². The van der Waals surface area contributed by atoms with Crippen LogP contribution in [0.15, 0.2) is 0 Å². The monoisotopic (exact) mass is 813 g/mol. The van der Waals surface area contributed by atoms with Crippen molar-refractivity contribution in [3.8, 4) is 0 Å². The average Bonchev–Trinajstić information content (AvgIpc) is 3.14. The van der Waals surface area contributed by atoms with Crippen LogP contribution < -0.4 is 65.9 Å². The highest BCUT2D eigenvalue weighted by molar-refractivity contribution is 5.96. The Morgan fingerprint density at radius 2 is 0.807 bits per heavy atom. The Hall–Kier alpha value is -4.40. The maximum atomic E-state index is 13.7. The van der Waals surface area contributed by atoms with Crippen LogP contribution in [-0.2, 0) is 38.4 Å². The van der Waals surface area contributed by atoms with Crippen molar-refractivity contribution in [3.63, 3.8) is 0 Å². The van der Waals surface area contributed by atoms with Crippen LogP contribution in [0.25, 0.3) is 0 Å². The van der Waals surface area contributed by atoms with Gasteiger partial charge in [-0.05, 0) is 122 Å². The lowest BCUT2D eigenvalue weighted by atomic mass is 10.0. The summed E-state index contributed by atoms with van der Waals surface area (Å²) in [7, 11) is 0. The Kier molecular flexibility index (Phi) is 28.3. The third-order valence-corrected chi connectivity index (χ3v) is 8.95. The summed E-state index contributed by atoms with van der Waals surface area (Å²) in [4.78, 5) is 103. The van der Waals surface area contributed by atoms with E-state index in [1.54, 1.807) is 0 Å². The van der Waals surface area contributed by atoms with Gasteiger partial charge >= 0.3 is 0 Å². The van der Waals surface area contributed by atoms with Gasteiger partial charge in [0.2, 0.25) is 47.3 Å². The van der Waals surface area contributed by atoms with Crippen LogP contribution in [0.4, 0.5) is 0 Å². The maximum Gasteiger partial charge on any atom is 0.243 e. The van der Waals surface area contributed by atoms with Crippen LogP contribution in [0.1, 0.15) is 111 Å². The fourth-order valence-electron chi connectivity index (χ4n) is 5.73. The van der Waals surface area contributed by atoms with Crippen molar-refractivity contribution in [3.05, 3.63) is 0 Å². The minimum Gasteiger partial charge on any atom is -0.368 e. The van der Waals surface area contributed by atoms with Crippen molar-refractivity contribution in [1.29, 1.82) is 0 Å². The summed E-state index contributed by atoms with van der Waals surface area (Å²) in [5.41, 5.74) is 27.8. The molecule has 0 saturated heterocycles. The number of amides is 8. The normalized spacial score (nSPS) is 14.2. The molecule has 328 valence electrons. The highest BCUT2D eigenvalue weighted by Gasteiger charge is 2.31. The fraction of sp³-hybridized carbons (Fsp3) is 0.784. The number of hydrogen-bond acceptors (Lipinski definition) is 12. The van der Waals surface area contributed by atoms with Gasteiger partial charge in [0, 0.05) is 6.92 Å². The summed E-state index contributed by atoms with van der Waals surface area (Å²) in [5.74, 6) is -5.06. The van der Waals surface area contributed by atoms with E-state index in [4.69, 9.17) is 28.7 Å². The molecule has 20 heteroatoms. The first kappa shape index (κ1) is 52.6. The SMILES string of the molecule is CC(=O)N[C@@H](CCCCN)C(=O)N[C@@H](CCCCN)C(=O)NCC(=O)N[C@@H](CC(C)C)C(=O)N[C@@H](CCCCN)C(=O)N[C@@H](CCCCN)C(=O)N[C@@H](C)C(N)=O. The number of primary amides is 1. The van der Waals surface area contributed by atoms with E-state index >= 15 is 0 Å². The van der Waals surface area contributed by atoms with E-state index in [1.165, 1.54) is 13.8 Å². The zero-order chi connectivity index (χ0) is 43.3. The number of unbranched alkanes of at least 4 members (excludes halogenated alkanes) is 4. The molecule has 0 aromatic carbocycles. The van der Waals surface area contributed by atoms with E-state index in [1.807, 2.05) is 13.8 Å². The number of carbonyl (C=O) groups excluding carboxylic acids is 8. The Morgan fingerprint density at radius 3 is 1.16 bits per heavy atom. The molecule has 6 atom stereocenters. The lowest BCUT2D eigenvalue weighted by Gasteiger charge is -2.26. The molecule has 17 N–H and O–H groups in total. The van der Waals surface area contributed by atoms with Crippen molar-refractivity contribution in [2.45, 2.75) is 147 Å². The van der Waals surface area contributed by atoms with Gasteiger partial charge in [-0.3, -0.25) is 38.4 Å². The molecule has 20 nitrogen and oxygen atoms in total. The molecule has 0 saturated carbocycles. The third kappa shape index (κ3) is 24.1. The van der Waals surface area contributed by atoms with Gasteiger partial charge in [-0.2, -0.15) is 0 Å². The molecule has 0 heterocycles. The van der Waals surface area contributed by atoms with Crippen molar-refractivity contribution in [2.75, 3.05) is 32.7 Å². The van der Waals surface area contributed by atoms with Gasteiger partial charge in [-0.15, -0.1) is 0 Å². The van der Waals surface area contributed by atoms with Crippen LogP contribution >= 0.6 is 0 Å². The average molecular weight is 813 g/mol. The smallest absolute Gasteiger partial charge is 0.243 e. The number of hydrogen-bond donors (Lipinski definition) is 12. The zero-order valence-electron chi connectivity index (χ0n) is 34.4. The molecule has 0 unspecified atom stereocenters. The first-order valence-electron chi connectivity index (χ1n) is 20.2. The first-order chi connectivity index (χ1) is 27.0. The Morgan fingerprint density at radius 1 is 0.456 bits per heavy atom. The van der Waals surface area contributed by atoms with E-state index in [9.17, 15) is 38.4 Å². The molecule has 0 aliphatic carbocycles. The standard InChI is InChI=1S/C37H72N12O8/c1-23(2)21-30(37(57)49-29(16-8-12-20-41)36(56)48-28(15-7-11-19-40)34(54)44-24(3)32(42)52)46-31(51)22-43-33(53)26(13-5-9-17-38)47-35(55)27(45-25(4)50)14-6-10-18-39/h23-24,26-30H,5-22,38-41H2,1-4H3,(H2,42,52)(H,43,53)(H,44,54)(H,45,50)(H,46,51)(H,47,55)(H,48,56)(H,49,57)/t24-,26-,27-,28-,29-,30-/m0/s1. The molecule has 0 aromatic heterocycles. The van der Waals surface area contributed by atoms with Crippen LogP contribution in [0, 0.1) is 5.92 Å². The fourth-order valence-corrected chi connectivity index (χ4v) is 5.73. The predicted octanol–water partition coefficient (Wildman–Crippen LogP) is -2.90. The first-order valence-corrected chi connectivity index (χ1v) is 20.2. The van der Waals surface area contributed by atoms with E-state index < -0.39 is 90.1 Å². The molecule has 0 aliphatic rings. The van der Waals surface area contributed by atoms with Crippen LogP contribution in [0.5, 0.6) is 0 Å². The summed E-state index contributed by atoms with van der Waals surface area (Å²) in [6, 6.07) is -6.18. The zero-order valence-corrected chi connectivity index (χ0v) is 34.4. The van der Waals surface area contributed by atoms with E-state index in [0.29, 0.717) is 84.0 Å². The van der Waals surface area contributed by atoms with Gasteiger partial charge in [0.05, 0.1) is 6.54 Å². The van der Waals surface area contributed by atoms with Gasteiger partial charge in [0.25, 0.3) is 0 Å². The summed E-state index contributed by atoms with van der Waals surface area (Å²) < 4.78 is 0. The predicted molar refractivity (Wildman–Crippen MR) is 216 cm³/mol. The third-order valence-electron chi connectivity index (χ3n) is 8.95. The second-order valence-corrected chi connectivity index (χ2v) is 14.7. The van der Waals surface area contributed by atoms with Crippen molar-refractivity contribution >= 4 is 47.3 Å². The van der Waals surface area contributed by atoms with Crippen molar-refractivity contribution < 1.29 is 38.4 Å². The second kappa shape index (κ2) is 30.7. The Balaban J connectivity index is 5.94. The number of nitrogens with two attached hydrogens (primary N) is 5. The molecular weight excluding hydrogens is 740 g/mol. The van der Waals surface area contributed by atoms with Gasteiger partial charge < -0.3 is 65.9 Å². The van der Waals surface area contributed by atoms with E-state index in [0.717, 1.165) is 0 Å². The molecule has 0 aliphatic heterocycles. The van der Waals surface area contributed by atoms with Crippen molar-refractivity contribution in [2.24, 2.45) is 34.6 Å².